The van der Waals surface area contributed by atoms with Crippen molar-refractivity contribution < 1.29 is 4.74 Å². The maximum absolute atomic E-state index is 6.18. The molecule has 0 aliphatic carbocycles. The standard InChI is InChI=1S/C35H26N4O/c1-23-11-15-25(16-12-23)33-36-34(26-17-13-24(2)14-18-26)38-35(37-33)27-19-21-28(22-20-27)39-29-7-3-5-9-31(29)40-32-10-6-4-8-30(32)39/h3-22H,1-2H3. The van der Waals surface area contributed by atoms with Crippen molar-refractivity contribution >= 4 is 17.1 Å². The zero-order chi connectivity index (χ0) is 27.1. The Morgan fingerprint density at radius 3 is 1.25 bits per heavy atom. The molecule has 0 fully saturated rings. The summed E-state index contributed by atoms with van der Waals surface area (Å²) in [5.74, 6) is 3.60. The van der Waals surface area contributed by atoms with Gasteiger partial charge in [-0.3, -0.25) is 0 Å². The van der Waals surface area contributed by atoms with Crippen LogP contribution in [-0.4, -0.2) is 15.0 Å². The fraction of sp³-hybridized carbons (Fsp3) is 0.0571. The maximum Gasteiger partial charge on any atom is 0.164 e. The minimum Gasteiger partial charge on any atom is -0.453 e. The van der Waals surface area contributed by atoms with Crippen molar-refractivity contribution in [1.29, 1.82) is 0 Å². The van der Waals surface area contributed by atoms with E-state index >= 15 is 0 Å². The van der Waals surface area contributed by atoms with Crippen molar-refractivity contribution in [3.8, 4) is 45.7 Å². The first-order valence-corrected chi connectivity index (χ1v) is 13.3. The van der Waals surface area contributed by atoms with Crippen LogP contribution in [0.3, 0.4) is 0 Å². The summed E-state index contributed by atoms with van der Waals surface area (Å²) >= 11 is 0. The monoisotopic (exact) mass is 518 g/mol. The summed E-state index contributed by atoms with van der Waals surface area (Å²) < 4.78 is 6.18. The van der Waals surface area contributed by atoms with Gasteiger partial charge in [0.25, 0.3) is 0 Å². The second kappa shape index (κ2) is 9.79. The van der Waals surface area contributed by atoms with Gasteiger partial charge in [0.05, 0.1) is 11.4 Å². The molecule has 6 aromatic rings. The SMILES string of the molecule is Cc1ccc(-c2nc(-c3ccc(C)cc3)nc(-c3ccc(N4c5ccccc5Oc5ccccc54)cc3)n2)cc1. The van der Waals surface area contributed by atoms with Gasteiger partial charge >= 0.3 is 0 Å². The Bertz CT molecular complexity index is 1720. The van der Waals surface area contributed by atoms with Crippen LogP contribution in [0.5, 0.6) is 11.5 Å². The van der Waals surface area contributed by atoms with E-state index in [1.807, 2.05) is 36.4 Å². The van der Waals surface area contributed by atoms with Gasteiger partial charge in [-0.05, 0) is 62.4 Å². The Kier molecular flexibility index (Phi) is 5.82. The lowest BCUT2D eigenvalue weighted by molar-refractivity contribution is 0.477. The van der Waals surface area contributed by atoms with E-state index in [-0.39, 0.29) is 0 Å². The third kappa shape index (κ3) is 4.37. The van der Waals surface area contributed by atoms with E-state index in [1.165, 1.54) is 11.1 Å². The Morgan fingerprint density at radius 1 is 0.450 bits per heavy atom. The summed E-state index contributed by atoms with van der Waals surface area (Å²) in [5.41, 5.74) is 8.25. The van der Waals surface area contributed by atoms with Crippen LogP contribution in [0.4, 0.5) is 17.1 Å². The van der Waals surface area contributed by atoms with Gasteiger partial charge in [0.1, 0.15) is 0 Å². The number of anilines is 3. The average molecular weight is 519 g/mol. The maximum atomic E-state index is 6.18. The van der Waals surface area contributed by atoms with Gasteiger partial charge in [-0.1, -0.05) is 83.9 Å². The lowest BCUT2D eigenvalue weighted by atomic mass is 10.1. The summed E-state index contributed by atoms with van der Waals surface area (Å²) in [5, 5.41) is 0. The molecule has 1 aliphatic heterocycles. The summed E-state index contributed by atoms with van der Waals surface area (Å²) in [6.07, 6.45) is 0. The molecule has 0 atom stereocenters. The predicted octanol–water partition coefficient (Wildman–Crippen LogP) is 9.06. The quantitative estimate of drug-likeness (QED) is 0.233. The minimum atomic E-state index is 0.635. The molecule has 0 bridgehead atoms. The number of aryl methyl sites for hydroxylation is 2. The predicted molar refractivity (Wildman–Crippen MR) is 160 cm³/mol. The van der Waals surface area contributed by atoms with Gasteiger partial charge in [-0.25, -0.2) is 15.0 Å². The van der Waals surface area contributed by atoms with Crippen LogP contribution in [0, 0.1) is 13.8 Å². The van der Waals surface area contributed by atoms with E-state index in [1.54, 1.807) is 0 Å². The molecule has 0 amide bonds. The van der Waals surface area contributed by atoms with E-state index in [4.69, 9.17) is 19.7 Å². The van der Waals surface area contributed by atoms with E-state index in [0.29, 0.717) is 17.5 Å². The van der Waals surface area contributed by atoms with Crippen LogP contribution in [0.1, 0.15) is 11.1 Å². The van der Waals surface area contributed by atoms with Crippen LogP contribution < -0.4 is 9.64 Å². The van der Waals surface area contributed by atoms with Crippen molar-refractivity contribution in [2.45, 2.75) is 13.8 Å². The molecule has 5 nitrogen and oxygen atoms in total. The number of para-hydroxylation sites is 4. The van der Waals surface area contributed by atoms with Crippen molar-refractivity contribution in [2.24, 2.45) is 0 Å². The number of ether oxygens (including phenoxy) is 1. The number of aromatic nitrogens is 3. The molecule has 1 aliphatic rings. The molecule has 5 aromatic carbocycles. The topological polar surface area (TPSA) is 51.1 Å². The molecule has 5 heteroatoms. The minimum absolute atomic E-state index is 0.635. The molecule has 40 heavy (non-hydrogen) atoms. The highest BCUT2D eigenvalue weighted by atomic mass is 16.5. The summed E-state index contributed by atoms with van der Waals surface area (Å²) in [6.45, 7) is 4.15. The van der Waals surface area contributed by atoms with Gasteiger partial charge < -0.3 is 9.64 Å². The summed E-state index contributed by atoms with van der Waals surface area (Å²) in [7, 11) is 0. The van der Waals surface area contributed by atoms with Gasteiger partial charge in [0.15, 0.2) is 29.0 Å². The van der Waals surface area contributed by atoms with E-state index in [0.717, 1.165) is 45.3 Å². The lowest BCUT2D eigenvalue weighted by Crippen LogP contribution is -2.15. The van der Waals surface area contributed by atoms with Gasteiger partial charge in [-0.2, -0.15) is 0 Å². The Labute approximate surface area is 233 Å². The van der Waals surface area contributed by atoms with Gasteiger partial charge in [-0.15, -0.1) is 0 Å². The Morgan fingerprint density at radius 2 is 0.825 bits per heavy atom. The molecule has 2 heterocycles. The van der Waals surface area contributed by atoms with E-state index < -0.39 is 0 Å². The number of rotatable bonds is 4. The largest absolute Gasteiger partial charge is 0.453 e. The summed E-state index contributed by atoms with van der Waals surface area (Å²) in [4.78, 5) is 16.9. The first-order chi connectivity index (χ1) is 19.6. The zero-order valence-electron chi connectivity index (χ0n) is 22.2. The molecule has 0 saturated carbocycles. The number of nitrogens with zero attached hydrogens (tertiary/aromatic N) is 4. The molecule has 7 rings (SSSR count). The van der Waals surface area contributed by atoms with Crippen molar-refractivity contribution in [3.05, 3.63) is 132 Å². The highest BCUT2D eigenvalue weighted by Crippen LogP contribution is 2.50. The molecule has 0 spiro atoms. The van der Waals surface area contributed by atoms with Crippen LogP contribution in [0.2, 0.25) is 0 Å². The average Bonchev–Trinajstić information content (AvgIpc) is 3.00. The van der Waals surface area contributed by atoms with E-state index in [2.05, 4.69) is 104 Å². The third-order valence-corrected chi connectivity index (χ3v) is 7.07. The first kappa shape index (κ1) is 23.8. The van der Waals surface area contributed by atoms with Crippen LogP contribution in [0.15, 0.2) is 121 Å². The van der Waals surface area contributed by atoms with Crippen LogP contribution >= 0.6 is 0 Å². The fourth-order valence-corrected chi connectivity index (χ4v) is 4.91. The number of hydrogen-bond acceptors (Lipinski definition) is 5. The zero-order valence-corrected chi connectivity index (χ0v) is 22.2. The Hall–Kier alpha value is -5.29. The smallest absolute Gasteiger partial charge is 0.164 e. The van der Waals surface area contributed by atoms with E-state index in [9.17, 15) is 0 Å². The molecule has 0 radical (unpaired) electrons. The molecular formula is C35H26N4O. The van der Waals surface area contributed by atoms with Crippen LogP contribution in [0.25, 0.3) is 34.2 Å². The van der Waals surface area contributed by atoms with Gasteiger partial charge in [0.2, 0.25) is 0 Å². The molecule has 0 unspecified atom stereocenters. The number of hydrogen-bond donors (Lipinski definition) is 0. The molecule has 1 aromatic heterocycles. The first-order valence-electron chi connectivity index (χ1n) is 13.3. The number of fused-ring (bicyclic) bond motifs is 2. The highest BCUT2D eigenvalue weighted by Gasteiger charge is 2.25. The number of benzene rings is 5. The second-order valence-corrected chi connectivity index (χ2v) is 9.96. The fourth-order valence-electron chi connectivity index (χ4n) is 4.91. The molecular weight excluding hydrogens is 492 g/mol. The molecule has 0 N–H and O–H groups in total. The molecule has 192 valence electrons. The van der Waals surface area contributed by atoms with Crippen LogP contribution in [-0.2, 0) is 0 Å². The lowest BCUT2D eigenvalue weighted by Gasteiger charge is -2.32. The highest BCUT2D eigenvalue weighted by molar-refractivity contribution is 5.86. The van der Waals surface area contributed by atoms with Gasteiger partial charge in [0, 0.05) is 22.4 Å². The summed E-state index contributed by atoms with van der Waals surface area (Å²) in [6, 6.07) is 41.1. The van der Waals surface area contributed by atoms with Crippen molar-refractivity contribution in [2.75, 3.05) is 4.90 Å². The van der Waals surface area contributed by atoms with Crippen molar-refractivity contribution in [1.82, 2.24) is 15.0 Å². The third-order valence-electron chi connectivity index (χ3n) is 7.07. The second-order valence-electron chi connectivity index (χ2n) is 9.96. The molecule has 0 saturated heterocycles. The Balaban J connectivity index is 1.32. The van der Waals surface area contributed by atoms with Crippen molar-refractivity contribution in [3.63, 3.8) is 0 Å². The normalized spacial score (nSPS) is 11.9.